The molecule has 0 aliphatic rings. The van der Waals surface area contributed by atoms with E-state index >= 15 is 0 Å². The summed E-state index contributed by atoms with van der Waals surface area (Å²) < 4.78 is 12.4. The van der Waals surface area contributed by atoms with Crippen molar-refractivity contribution in [1.82, 2.24) is 0 Å². The van der Waals surface area contributed by atoms with Crippen molar-refractivity contribution >= 4 is 71.9 Å². The van der Waals surface area contributed by atoms with Crippen LogP contribution in [0.4, 0.5) is 11.4 Å². The second kappa shape index (κ2) is 12.6. The van der Waals surface area contributed by atoms with Gasteiger partial charge in [-0.15, -0.1) is 0 Å². The highest BCUT2D eigenvalue weighted by molar-refractivity contribution is 6.11. The minimum Gasteiger partial charge on any atom is -0.464 e. The molecule has 0 amide bonds. The highest BCUT2D eigenvalue weighted by atomic mass is 16.3. The molecule has 3 nitrogen and oxygen atoms in total. The van der Waals surface area contributed by atoms with Crippen LogP contribution in [0, 0.1) is 0 Å². The summed E-state index contributed by atoms with van der Waals surface area (Å²) in [5, 5.41) is 8.04. The van der Waals surface area contributed by atoms with Crippen molar-refractivity contribution in [3.8, 4) is 22.3 Å². The third kappa shape index (κ3) is 5.30. The van der Waals surface area contributed by atoms with Gasteiger partial charge in [0, 0.05) is 38.7 Å². The number of para-hydroxylation sites is 2. The molecule has 2 aromatic heterocycles. The lowest BCUT2D eigenvalue weighted by Crippen LogP contribution is -2.16. The fourth-order valence-electron chi connectivity index (χ4n) is 7.74. The highest BCUT2D eigenvalue weighted by Crippen LogP contribution is 2.43. The molecule has 0 unspecified atom stereocenters. The lowest BCUT2D eigenvalue weighted by molar-refractivity contribution is 0.615. The second-order valence-corrected chi connectivity index (χ2v) is 13.4. The minimum absolute atomic E-state index is 0.848. The van der Waals surface area contributed by atoms with E-state index in [2.05, 4.69) is 169 Å². The normalized spacial score (nSPS) is 12.0. The first kappa shape index (κ1) is 30.7. The lowest BCUT2D eigenvalue weighted by Gasteiger charge is -2.29. The molecule has 0 aliphatic carbocycles. The Morgan fingerprint density at radius 2 is 1.17 bits per heavy atom. The standard InChI is InChI=1S/C50H33NO2/c1-2-39(28-38-32-52-48-24-10-8-21-44(38)48)51(40-18-11-17-36(27-40)42-22-12-16-33-13-5-6-19-41(33)42)47-23-9-7-20-43(47)37-25-26-49-45(30-37)46-29-34-14-3-4-15-35(34)31-50(46)53-49/h2-32H,1H2/b39-28+. The van der Waals surface area contributed by atoms with Gasteiger partial charge in [0.1, 0.15) is 16.7 Å². The Bertz CT molecular complexity index is 3040. The Morgan fingerprint density at radius 1 is 0.491 bits per heavy atom. The van der Waals surface area contributed by atoms with Gasteiger partial charge < -0.3 is 13.7 Å². The van der Waals surface area contributed by atoms with Gasteiger partial charge in [-0.3, -0.25) is 0 Å². The average molecular weight is 680 g/mol. The zero-order valence-corrected chi connectivity index (χ0v) is 28.9. The molecule has 10 aromatic rings. The van der Waals surface area contributed by atoms with Gasteiger partial charge in [0.15, 0.2) is 0 Å². The summed E-state index contributed by atoms with van der Waals surface area (Å²) in [4.78, 5) is 2.31. The van der Waals surface area contributed by atoms with Gasteiger partial charge in [0.25, 0.3) is 0 Å². The average Bonchev–Trinajstić information content (AvgIpc) is 3.80. The molecule has 3 heteroatoms. The van der Waals surface area contributed by atoms with Crippen molar-refractivity contribution < 1.29 is 8.83 Å². The zero-order valence-electron chi connectivity index (χ0n) is 28.9. The number of allylic oxidation sites excluding steroid dienone is 1. The van der Waals surface area contributed by atoms with Crippen LogP contribution >= 0.6 is 0 Å². The zero-order chi connectivity index (χ0) is 35.3. The number of nitrogens with zero attached hydrogens (tertiary/aromatic N) is 1. The van der Waals surface area contributed by atoms with E-state index in [0.717, 1.165) is 72.2 Å². The van der Waals surface area contributed by atoms with E-state index in [0.29, 0.717) is 0 Å². The van der Waals surface area contributed by atoms with Crippen molar-refractivity contribution in [3.63, 3.8) is 0 Å². The number of benzene rings is 8. The maximum atomic E-state index is 6.39. The highest BCUT2D eigenvalue weighted by Gasteiger charge is 2.20. The Morgan fingerprint density at radius 3 is 2.06 bits per heavy atom. The minimum atomic E-state index is 0.848. The van der Waals surface area contributed by atoms with Crippen LogP contribution in [0.2, 0.25) is 0 Å². The smallest absolute Gasteiger partial charge is 0.136 e. The monoisotopic (exact) mass is 679 g/mol. The first-order chi connectivity index (χ1) is 26.2. The predicted molar refractivity (Wildman–Crippen MR) is 223 cm³/mol. The summed E-state index contributed by atoms with van der Waals surface area (Å²) in [6, 6.07) is 59.9. The third-order valence-electron chi connectivity index (χ3n) is 10.3. The van der Waals surface area contributed by atoms with Crippen molar-refractivity contribution in [2.75, 3.05) is 4.90 Å². The topological polar surface area (TPSA) is 29.5 Å². The summed E-state index contributed by atoms with van der Waals surface area (Å²) in [5.41, 5.74) is 11.1. The fourth-order valence-corrected chi connectivity index (χ4v) is 7.74. The Balaban J connectivity index is 1.18. The van der Waals surface area contributed by atoms with E-state index in [9.17, 15) is 0 Å². The molecule has 10 rings (SSSR count). The summed E-state index contributed by atoms with van der Waals surface area (Å²) in [7, 11) is 0. The number of hydrogen-bond acceptors (Lipinski definition) is 3. The molecule has 0 saturated heterocycles. The molecule has 250 valence electrons. The summed E-state index contributed by atoms with van der Waals surface area (Å²) in [6.45, 7) is 4.36. The SMILES string of the molecule is C=C/C(=C\c1coc2ccccc12)N(c1cccc(-c2cccc3ccccc23)c1)c1ccccc1-c1ccc2oc3cc4ccccc4cc3c2c1. The molecule has 0 bridgehead atoms. The molecule has 0 aliphatic heterocycles. The number of hydrogen-bond donors (Lipinski definition) is 0. The van der Waals surface area contributed by atoms with Gasteiger partial charge in [0.05, 0.1) is 12.0 Å². The molecule has 0 spiro atoms. The van der Waals surface area contributed by atoms with Gasteiger partial charge in [-0.1, -0.05) is 128 Å². The molecule has 0 atom stereocenters. The van der Waals surface area contributed by atoms with Crippen LogP contribution in [0.1, 0.15) is 5.56 Å². The summed E-state index contributed by atoms with van der Waals surface area (Å²) >= 11 is 0. The Labute approximate surface area is 306 Å². The van der Waals surface area contributed by atoms with Gasteiger partial charge in [-0.25, -0.2) is 0 Å². The molecule has 0 N–H and O–H groups in total. The van der Waals surface area contributed by atoms with E-state index in [4.69, 9.17) is 8.83 Å². The van der Waals surface area contributed by atoms with E-state index in [1.807, 2.05) is 30.5 Å². The van der Waals surface area contributed by atoms with Crippen LogP contribution in [-0.2, 0) is 0 Å². The number of furan rings is 2. The van der Waals surface area contributed by atoms with Crippen LogP contribution in [-0.4, -0.2) is 0 Å². The molecular formula is C50H33NO2. The van der Waals surface area contributed by atoms with E-state index in [1.54, 1.807) is 0 Å². The summed E-state index contributed by atoms with van der Waals surface area (Å²) in [6.07, 6.45) is 5.92. The van der Waals surface area contributed by atoms with E-state index < -0.39 is 0 Å². The van der Waals surface area contributed by atoms with Crippen molar-refractivity contribution in [3.05, 3.63) is 200 Å². The third-order valence-corrected chi connectivity index (χ3v) is 10.3. The van der Waals surface area contributed by atoms with Crippen molar-refractivity contribution in [1.29, 1.82) is 0 Å². The maximum Gasteiger partial charge on any atom is 0.136 e. The Hall–Kier alpha value is -7.10. The number of anilines is 2. The van der Waals surface area contributed by atoms with Crippen molar-refractivity contribution in [2.45, 2.75) is 0 Å². The molecule has 0 saturated carbocycles. The second-order valence-electron chi connectivity index (χ2n) is 13.4. The van der Waals surface area contributed by atoms with Crippen LogP contribution < -0.4 is 4.90 Å². The molecule has 2 heterocycles. The first-order valence-corrected chi connectivity index (χ1v) is 17.8. The van der Waals surface area contributed by atoms with E-state index in [-0.39, 0.29) is 0 Å². The van der Waals surface area contributed by atoms with E-state index in [1.165, 1.54) is 27.1 Å². The number of fused-ring (bicyclic) bond motifs is 6. The summed E-state index contributed by atoms with van der Waals surface area (Å²) in [5.74, 6) is 0. The largest absolute Gasteiger partial charge is 0.464 e. The molecular weight excluding hydrogens is 647 g/mol. The van der Waals surface area contributed by atoms with Crippen LogP contribution in [0.5, 0.6) is 0 Å². The Kier molecular flexibility index (Phi) is 7.29. The van der Waals surface area contributed by atoms with Gasteiger partial charge in [-0.05, 0) is 98.9 Å². The molecule has 0 fully saturated rings. The molecule has 53 heavy (non-hydrogen) atoms. The van der Waals surface area contributed by atoms with Gasteiger partial charge in [0.2, 0.25) is 0 Å². The van der Waals surface area contributed by atoms with Gasteiger partial charge in [-0.2, -0.15) is 0 Å². The number of rotatable bonds is 7. The van der Waals surface area contributed by atoms with Gasteiger partial charge >= 0.3 is 0 Å². The fraction of sp³-hybridized carbons (Fsp3) is 0. The predicted octanol–water partition coefficient (Wildman–Crippen LogP) is 14.3. The first-order valence-electron chi connectivity index (χ1n) is 17.8. The van der Waals surface area contributed by atoms with Crippen LogP contribution in [0.3, 0.4) is 0 Å². The van der Waals surface area contributed by atoms with Crippen LogP contribution in [0.25, 0.3) is 82.8 Å². The maximum absolute atomic E-state index is 6.39. The molecule has 8 aromatic carbocycles. The lowest BCUT2D eigenvalue weighted by atomic mass is 9.96. The van der Waals surface area contributed by atoms with Crippen molar-refractivity contribution in [2.24, 2.45) is 0 Å². The quantitative estimate of drug-likeness (QED) is 0.157. The van der Waals surface area contributed by atoms with Crippen LogP contribution in [0.15, 0.2) is 203 Å². The molecule has 0 radical (unpaired) electrons.